The minimum Gasteiger partial charge on any atom is -0.368 e. The summed E-state index contributed by atoms with van der Waals surface area (Å²) < 4.78 is 0. The smallest absolute Gasteiger partial charge is 0.242 e. The predicted molar refractivity (Wildman–Crippen MR) is 66.1 cm³/mol. The number of nitrogens with zero attached hydrogens (tertiary/aromatic N) is 2. The molecule has 0 aliphatic heterocycles. The van der Waals surface area contributed by atoms with Gasteiger partial charge in [0.05, 0.1) is 0 Å². The Bertz CT molecular complexity index is 395. The van der Waals surface area contributed by atoms with Gasteiger partial charge in [-0.25, -0.2) is 15.8 Å². The molecule has 1 heterocycles. The number of anilines is 2. The maximum atomic E-state index is 11.2. The van der Waals surface area contributed by atoms with Gasteiger partial charge in [0.25, 0.3) is 0 Å². The number of aryl methyl sites for hydroxylation is 1. The summed E-state index contributed by atoms with van der Waals surface area (Å²) in [4.78, 5) is 19.6. The number of nitrogen functional groups attached to an aromatic ring is 1. The molecule has 0 unspecified atom stereocenters. The summed E-state index contributed by atoms with van der Waals surface area (Å²) in [5, 5.41) is 2.95. The number of rotatable bonds is 5. The Morgan fingerprint density at radius 1 is 1.41 bits per heavy atom. The lowest BCUT2D eigenvalue weighted by Gasteiger charge is -2.23. The van der Waals surface area contributed by atoms with E-state index in [2.05, 4.69) is 20.7 Å². The van der Waals surface area contributed by atoms with E-state index in [9.17, 15) is 4.79 Å². The summed E-state index contributed by atoms with van der Waals surface area (Å²) in [5.74, 6) is 6.47. The number of nitrogens with two attached hydrogens (primary N) is 2. The zero-order chi connectivity index (χ0) is 13.1. The fourth-order valence-electron chi connectivity index (χ4n) is 1.17. The van der Waals surface area contributed by atoms with Gasteiger partial charge in [-0.15, -0.1) is 0 Å². The predicted octanol–water partition coefficient (Wildman–Crippen LogP) is 0.000400. The van der Waals surface area contributed by atoms with Crippen molar-refractivity contribution in [3.8, 4) is 0 Å². The first kappa shape index (κ1) is 13.2. The molecule has 1 amide bonds. The normalized spacial score (nSPS) is 11.1. The second-order valence-electron chi connectivity index (χ2n) is 4.17. The highest BCUT2D eigenvalue weighted by Crippen LogP contribution is 2.16. The molecule has 0 aliphatic carbocycles. The standard InChI is InChI=1S/C10H18N6O/c1-4-6-13-7(5-8(14-6)16-12)15-10(2,3)9(11)17/h5H,4,12H2,1-3H3,(H2,11,17)(H2,13,14,15,16). The van der Waals surface area contributed by atoms with Crippen molar-refractivity contribution in [1.82, 2.24) is 9.97 Å². The molecule has 1 aromatic heterocycles. The molecule has 0 saturated heterocycles. The van der Waals surface area contributed by atoms with Crippen LogP contribution < -0.4 is 22.3 Å². The van der Waals surface area contributed by atoms with Gasteiger partial charge in [0, 0.05) is 12.5 Å². The van der Waals surface area contributed by atoms with Crippen LogP contribution in [0.15, 0.2) is 6.07 Å². The van der Waals surface area contributed by atoms with E-state index in [1.54, 1.807) is 19.9 Å². The molecular formula is C10H18N6O. The molecule has 0 radical (unpaired) electrons. The molecule has 0 fully saturated rings. The highest BCUT2D eigenvalue weighted by Gasteiger charge is 2.25. The highest BCUT2D eigenvalue weighted by atomic mass is 16.1. The van der Waals surface area contributed by atoms with E-state index in [0.29, 0.717) is 23.9 Å². The molecule has 0 bridgehead atoms. The highest BCUT2D eigenvalue weighted by molar-refractivity contribution is 5.86. The van der Waals surface area contributed by atoms with E-state index in [1.807, 2.05) is 6.92 Å². The molecule has 7 heteroatoms. The first-order chi connectivity index (χ1) is 7.89. The summed E-state index contributed by atoms with van der Waals surface area (Å²) in [7, 11) is 0. The lowest BCUT2D eigenvalue weighted by molar-refractivity contribution is -0.121. The van der Waals surface area contributed by atoms with Crippen molar-refractivity contribution < 1.29 is 4.79 Å². The Morgan fingerprint density at radius 3 is 2.47 bits per heavy atom. The van der Waals surface area contributed by atoms with Crippen LogP contribution in [0, 0.1) is 0 Å². The molecule has 94 valence electrons. The summed E-state index contributed by atoms with van der Waals surface area (Å²) in [5.41, 5.74) is 6.84. The molecule has 7 nitrogen and oxygen atoms in total. The first-order valence-corrected chi connectivity index (χ1v) is 5.31. The van der Waals surface area contributed by atoms with E-state index in [1.165, 1.54) is 0 Å². The number of primary amides is 1. The summed E-state index contributed by atoms with van der Waals surface area (Å²) in [6, 6.07) is 1.61. The maximum Gasteiger partial charge on any atom is 0.242 e. The van der Waals surface area contributed by atoms with Crippen LogP contribution in [0.3, 0.4) is 0 Å². The van der Waals surface area contributed by atoms with Gasteiger partial charge in [-0.1, -0.05) is 6.92 Å². The molecule has 0 aliphatic rings. The number of aromatic nitrogens is 2. The second kappa shape index (κ2) is 4.96. The van der Waals surface area contributed by atoms with Crippen LogP contribution in [0.5, 0.6) is 0 Å². The minimum absolute atomic E-state index is 0.462. The molecule has 0 saturated carbocycles. The van der Waals surface area contributed by atoms with Gasteiger partial charge in [0.1, 0.15) is 23.0 Å². The Hall–Kier alpha value is -1.89. The number of carbonyl (C=O) groups is 1. The summed E-state index contributed by atoms with van der Waals surface area (Å²) in [6.07, 6.45) is 0.668. The van der Waals surface area contributed by atoms with E-state index in [0.717, 1.165) is 0 Å². The van der Waals surface area contributed by atoms with Crippen molar-refractivity contribution in [2.24, 2.45) is 11.6 Å². The molecule has 0 spiro atoms. The largest absolute Gasteiger partial charge is 0.368 e. The van der Waals surface area contributed by atoms with Crippen molar-refractivity contribution >= 4 is 17.5 Å². The van der Waals surface area contributed by atoms with Gasteiger partial charge < -0.3 is 16.5 Å². The molecular weight excluding hydrogens is 220 g/mol. The maximum absolute atomic E-state index is 11.2. The second-order valence-corrected chi connectivity index (χ2v) is 4.17. The van der Waals surface area contributed by atoms with Crippen molar-refractivity contribution in [2.75, 3.05) is 10.7 Å². The number of nitrogens with one attached hydrogen (secondary N) is 2. The number of hydrogen-bond acceptors (Lipinski definition) is 6. The zero-order valence-electron chi connectivity index (χ0n) is 10.2. The minimum atomic E-state index is -0.884. The Labute approximate surface area is 100.0 Å². The van der Waals surface area contributed by atoms with E-state index in [4.69, 9.17) is 11.6 Å². The monoisotopic (exact) mass is 238 g/mol. The van der Waals surface area contributed by atoms with Crippen molar-refractivity contribution in [3.05, 3.63) is 11.9 Å². The Morgan fingerprint density at radius 2 is 2.00 bits per heavy atom. The lowest BCUT2D eigenvalue weighted by Crippen LogP contribution is -2.45. The van der Waals surface area contributed by atoms with Crippen LogP contribution in [-0.4, -0.2) is 21.4 Å². The average Bonchev–Trinajstić information content (AvgIpc) is 2.27. The number of hydrogen-bond donors (Lipinski definition) is 4. The van der Waals surface area contributed by atoms with E-state index in [-0.39, 0.29) is 0 Å². The Balaban J connectivity index is 3.02. The summed E-state index contributed by atoms with van der Waals surface area (Å²) in [6.45, 7) is 5.29. The van der Waals surface area contributed by atoms with Crippen LogP contribution in [0.1, 0.15) is 26.6 Å². The number of amides is 1. The molecule has 0 atom stereocenters. The van der Waals surface area contributed by atoms with Crippen LogP contribution in [-0.2, 0) is 11.2 Å². The fourth-order valence-corrected chi connectivity index (χ4v) is 1.17. The SMILES string of the molecule is CCc1nc(NN)cc(NC(C)(C)C(N)=O)n1. The average molecular weight is 238 g/mol. The van der Waals surface area contributed by atoms with Gasteiger partial charge in [-0.2, -0.15) is 0 Å². The molecule has 1 aromatic rings. The van der Waals surface area contributed by atoms with Gasteiger partial charge in [-0.05, 0) is 13.8 Å². The molecule has 0 aromatic carbocycles. The third kappa shape index (κ3) is 3.28. The first-order valence-electron chi connectivity index (χ1n) is 5.31. The quantitative estimate of drug-likeness (QED) is 0.423. The van der Waals surface area contributed by atoms with Crippen molar-refractivity contribution in [3.63, 3.8) is 0 Å². The number of carbonyl (C=O) groups excluding carboxylic acids is 1. The molecule has 6 N–H and O–H groups in total. The number of hydrazine groups is 1. The third-order valence-electron chi connectivity index (χ3n) is 2.29. The Kier molecular flexibility index (Phi) is 3.84. The van der Waals surface area contributed by atoms with Gasteiger partial charge in [0.15, 0.2) is 0 Å². The van der Waals surface area contributed by atoms with Gasteiger partial charge in [0.2, 0.25) is 5.91 Å². The third-order valence-corrected chi connectivity index (χ3v) is 2.29. The molecule has 1 rings (SSSR count). The van der Waals surface area contributed by atoms with Gasteiger partial charge >= 0.3 is 0 Å². The van der Waals surface area contributed by atoms with Crippen molar-refractivity contribution in [2.45, 2.75) is 32.7 Å². The van der Waals surface area contributed by atoms with E-state index >= 15 is 0 Å². The van der Waals surface area contributed by atoms with Crippen LogP contribution in [0.2, 0.25) is 0 Å². The fraction of sp³-hybridized carbons (Fsp3) is 0.500. The van der Waals surface area contributed by atoms with E-state index < -0.39 is 11.4 Å². The zero-order valence-corrected chi connectivity index (χ0v) is 10.2. The van der Waals surface area contributed by atoms with Crippen LogP contribution in [0.25, 0.3) is 0 Å². The van der Waals surface area contributed by atoms with Gasteiger partial charge in [-0.3, -0.25) is 4.79 Å². The summed E-state index contributed by atoms with van der Waals surface area (Å²) >= 11 is 0. The topological polar surface area (TPSA) is 119 Å². The van der Waals surface area contributed by atoms with Crippen LogP contribution >= 0.6 is 0 Å². The lowest BCUT2D eigenvalue weighted by atomic mass is 10.1. The van der Waals surface area contributed by atoms with Crippen LogP contribution in [0.4, 0.5) is 11.6 Å². The molecule has 17 heavy (non-hydrogen) atoms. The van der Waals surface area contributed by atoms with Crippen molar-refractivity contribution in [1.29, 1.82) is 0 Å².